The fraction of sp³-hybridized carbons (Fsp3) is 0.286. The van der Waals surface area contributed by atoms with Crippen LogP contribution in [0.25, 0.3) is 4.91 Å². The zero-order valence-electron chi connectivity index (χ0n) is 12.1. The molecule has 2 N–H and O–H groups in total. The van der Waals surface area contributed by atoms with Crippen LogP contribution in [-0.4, -0.2) is 28.7 Å². The predicted molar refractivity (Wildman–Crippen MR) is 85.3 cm³/mol. The number of benzene rings is 1. The number of carbonyl (C=O) groups is 1. The Labute approximate surface area is 131 Å². The van der Waals surface area contributed by atoms with Gasteiger partial charge in [0.05, 0.1) is 22.8 Å². The molecule has 1 heterocycles. The molecule has 2 rings (SSSR count). The van der Waals surface area contributed by atoms with Crippen LogP contribution in [0.2, 0.25) is 0 Å². The van der Waals surface area contributed by atoms with E-state index >= 15 is 0 Å². The Bertz CT molecular complexity index is 667. The van der Waals surface area contributed by atoms with E-state index in [0.717, 1.165) is 0 Å². The molecule has 1 aliphatic rings. The lowest BCUT2D eigenvalue weighted by atomic mass is 10.1. The summed E-state index contributed by atoms with van der Waals surface area (Å²) >= 11 is 1.22. The topological polar surface area (TPSA) is 108 Å². The molecular weight excluding hydrogens is 306 g/mol. The van der Waals surface area contributed by atoms with Gasteiger partial charge in [0.15, 0.2) is 0 Å². The number of aliphatic imine (C=N–C) groups is 1. The molecule has 1 atom stereocenters. The van der Waals surface area contributed by atoms with Crippen molar-refractivity contribution in [3.63, 3.8) is 0 Å². The molecule has 0 radical (unpaired) electrons. The minimum absolute atomic E-state index is 0.0162. The molecule has 1 unspecified atom stereocenters. The molecule has 0 fully saturated rings. The number of nitrogens with two attached hydrogens (primary N) is 1. The van der Waals surface area contributed by atoms with Gasteiger partial charge in [0.2, 0.25) is 0 Å². The molecule has 22 heavy (non-hydrogen) atoms. The highest BCUT2D eigenvalue weighted by Crippen LogP contribution is 2.38. The van der Waals surface area contributed by atoms with Crippen LogP contribution in [0.4, 0.5) is 5.69 Å². The predicted octanol–water partition coefficient (Wildman–Crippen LogP) is 2.32. The third kappa shape index (κ3) is 3.34. The van der Waals surface area contributed by atoms with Crippen molar-refractivity contribution >= 4 is 34.0 Å². The first-order valence-electron chi connectivity index (χ1n) is 6.57. The summed E-state index contributed by atoms with van der Waals surface area (Å²) in [6, 6.07) is 5.95. The van der Waals surface area contributed by atoms with E-state index in [2.05, 4.69) is 4.99 Å². The number of hydrogen-bond acceptors (Lipinski definition) is 7. The summed E-state index contributed by atoms with van der Waals surface area (Å²) < 4.78 is 5.06. The zero-order chi connectivity index (χ0) is 16.3. The van der Waals surface area contributed by atoms with Gasteiger partial charge in [0.25, 0.3) is 5.69 Å². The minimum Gasteiger partial charge on any atom is -0.462 e. The first kappa shape index (κ1) is 16.2. The quantitative estimate of drug-likeness (QED) is 0.518. The summed E-state index contributed by atoms with van der Waals surface area (Å²) in [5.41, 5.74) is 6.82. The number of thioether (sulfide) groups is 1. The summed E-state index contributed by atoms with van der Waals surface area (Å²) in [5.74, 6) is -0.475. The van der Waals surface area contributed by atoms with Gasteiger partial charge >= 0.3 is 5.97 Å². The van der Waals surface area contributed by atoms with Crippen molar-refractivity contribution in [2.24, 2.45) is 10.7 Å². The third-order valence-corrected chi connectivity index (χ3v) is 3.99. The summed E-state index contributed by atoms with van der Waals surface area (Å²) in [5, 5.41) is 10.7. The average molecular weight is 321 g/mol. The second-order valence-electron chi connectivity index (χ2n) is 4.45. The van der Waals surface area contributed by atoms with Crippen molar-refractivity contribution in [2.45, 2.75) is 19.3 Å². The van der Waals surface area contributed by atoms with Gasteiger partial charge in [-0.15, -0.1) is 0 Å². The van der Waals surface area contributed by atoms with Gasteiger partial charge in [0.1, 0.15) is 5.50 Å². The van der Waals surface area contributed by atoms with Crippen molar-refractivity contribution in [3.8, 4) is 0 Å². The smallest absolute Gasteiger partial charge is 0.341 e. The van der Waals surface area contributed by atoms with E-state index in [1.807, 2.05) is 0 Å². The number of nitrogens with zero attached hydrogens (tertiary/aromatic N) is 2. The molecule has 7 nitrogen and oxygen atoms in total. The first-order valence-corrected chi connectivity index (χ1v) is 7.45. The van der Waals surface area contributed by atoms with Gasteiger partial charge in [-0.25, -0.2) is 4.79 Å². The highest BCUT2D eigenvalue weighted by molar-refractivity contribution is 8.09. The van der Waals surface area contributed by atoms with Crippen molar-refractivity contribution < 1.29 is 14.5 Å². The fourth-order valence-corrected chi connectivity index (χ4v) is 3.09. The molecule has 0 saturated carbocycles. The number of nitro groups is 1. The van der Waals surface area contributed by atoms with Crippen LogP contribution in [0.5, 0.6) is 0 Å². The molecule has 1 aromatic carbocycles. The molecule has 0 bridgehead atoms. The standard InChI is InChI=1S/C14H15N3O4S/c1-3-21-13(18)11-8(2)16-14(15)22-12(11)9-4-6-10(7-5-9)17(19)20/h4-7,14H,3,15H2,1-2H3. The van der Waals surface area contributed by atoms with Gasteiger partial charge in [-0.3, -0.25) is 15.1 Å². The number of nitro benzene ring substituents is 1. The van der Waals surface area contributed by atoms with E-state index in [0.29, 0.717) is 21.8 Å². The Kier molecular flexibility index (Phi) is 4.94. The van der Waals surface area contributed by atoms with Gasteiger partial charge in [-0.2, -0.15) is 0 Å². The molecule has 1 aromatic rings. The normalized spacial score (nSPS) is 18.0. The lowest BCUT2D eigenvalue weighted by Gasteiger charge is -2.21. The highest BCUT2D eigenvalue weighted by Gasteiger charge is 2.27. The van der Waals surface area contributed by atoms with Crippen molar-refractivity contribution in [1.82, 2.24) is 0 Å². The summed E-state index contributed by atoms with van der Waals surface area (Å²) in [4.78, 5) is 27.2. The van der Waals surface area contributed by atoms with Gasteiger partial charge in [-0.05, 0) is 31.5 Å². The summed E-state index contributed by atoms with van der Waals surface area (Å²) in [6.45, 7) is 3.66. The SMILES string of the molecule is CCOC(=O)C1=C(c2ccc([N+](=O)[O-])cc2)SC(N)N=C1C. The molecule has 8 heteroatoms. The van der Waals surface area contributed by atoms with E-state index in [1.54, 1.807) is 26.0 Å². The van der Waals surface area contributed by atoms with E-state index in [1.165, 1.54) is 23.9 Å². The number of ether oxygens (including phenoxy) is 1. The Morgan fingerprint density at radius 1 is 1.45 bits per heavy atom. The van der Waals surface area contributed by atoms with Gasteiger partial charge < -0.3 is 10.5 Å². The van der Waals surface area contributed by atoms with Crippen LogP contribution in [0.1, 0.15) is 19.4 Å². The average Bonchev–Trinajstić information content (AvgIpc) is 2.46. The largest absolute Gasteiger partial charge is 0.462 e. The lowest BCUT2D eigenvalue weighted by molar-refractivity contribution is -0.384. The van der Waals surface area contributed by atoms with Crippen LogP contribution in [0, 0.1) is 10.1 Å². The van der Waals surface area contributed by atoms with Gasteiger partial charge in [-0.1, -0.05) is 11.8 Å². The van der Waals surface area contributed by atoms with E-state index in [-0.39, 0.29) is 12.3 Å². The van der Waals surface area contributed by atoms with E-state index in [4.69, 9.17) is 10.5 Å². The van der Waals surface area contributed by atoms with Crippen LogP contribution in [-0.2, 0) is 9.53 Å². The Balaban J connectivity index is 2.49. The molecule has 0 spiro atoms. The Morgan fingerprint density at radius 3 is 2.64 bits per heavy atom. The number of esters is 1. The van der Waals surface area contributed by atoms with Crippen LogP contribution in [0.15, 0.2) is 34.8 Å². The molecule has 0 amide bonds. The van der Waals surface area contributed by atoms with Crippen molar-refractivity contribution in [1.29, 1.82) is 0 Å². The van der Waals surface area contributed by atoms with Crippen LogP contribution < -0.4 is 5.73 Å². The third-order valence-electron chi connectivity index (χ3n) is 2.97. The number of carbonyl (C=O) groups excluding carboxylic acids is 1. The second-order valence-corrected chi connectivity index (χ2v) is 5.58. The maximum Gasteiger partial charge on any atom is 0.341 e. The zero-order valence-corrected chi connectivity index (χ0v) is 12.9. The number of hydrogen-bond donors (Lipinski definition) is 1. The second kappa shape index (κ2) is 6.71. The number of non-ortho nitro benzene ring substituents is 1. The van der Waals surface area contributed by atoms with Crippen molar-refractivity contribution in [2.75, 3.05) is 6.61 Å². The van der Waals surface area contributed by atoms with Crippen LogP contribution in [0.3, 0.4) is 0 Å². The monoisotopic (exact) mass is 321 g/mol. The lowest BCUT2D eigenvalue weighted by Crippen LogP contribution is -2.24. The van der Waals surface area contributed by atoms with Crippen molar-refractivity contribution in [3.05, 3.63) is 45.5 Å². The Hall–Kier alpha value is -2.19. The first-order chi connectivity index (χ1) is 10.4. The van der Waals surface area contributed by atoms with Crippen LogP contribution >= 0.6 is 11.8 Å². The highest BCUT2D eigenvalue weighted by atomic mass is 32.2. The fourth-order valence-electron chi connectivity index (χ4n) is 2.02. The van der Waals surface area contributed by atoms with E-state index < -0.39 is 16.4 Å². The van der Waals surface area contributed by atoms with Gasteiger partial charge in [0, 0.05) is 17.0 Å². The molecule has 1 aliphatic heterocycles. The molecule has 0 aliphatic carbocycles. The number of rotatable bonds is 4. The Morgan fingerprint density at radius 2 is 2.09 bits per heavy atom. The maximum atomic E-state index is 12.2. The molecule has 116 valence electrons. The molecular formula is C14H15N3O4S. The minimum atomic E-state index is -0.525. The molecule has 0 saturated heterocycles. The molecule has 0 aromatic heterocycles. The van der Waals surface area contributed by atoms with E-state index in [9.17, 15) is 14.9 Å². The maximum absolute atomic E-state index is 12.2. The summed E-state index contributed by atoms with van der Waals surface area (Å²) in [7, 11) is 0. The summed E-state index contributed by atoms with van der Waals surface area (Å²) in [6.07, 6.45) is 0.